The van der Waals surface area contributed by atoms with E-state index in [2.05, 4.69) is 23.8 Å². The van der Waals surface area contributed by atoms with Crippen molar-refractivity contribution in [3.63, 3.8) is 0 Å². The van der Waals surface area contributed by atoms with Crippen molar-refractivity contribution in [1.29, 1.82) is 0 Å². The van der Waals surface area contributed by atoms with Crippen LogP contribution < -0.4 is 5.32 Å². The molecule has 0 aliphatic heterocycles. The molecule has 1 rings (SSSR count). The molecule has 3 nitrogen and oxygen atoms in total. The van der Waals surface area contributed by atoms with Crippen LogP contribution in [0.4, 0.5) is 0 Å². The van der Waals surface area contributed by atoms with Crippen LogP contribution in [0.25, 0.3) is 0 Å². The van der Waals surface area contributed by atoms with E-state index in [1.54, 1.807) is 0 Å². The molecule has 1 aromatic heterocycles. The fourth-order valence-electron chi connectivity index (χ4n) is 1.13. The Balaban J connectivity index is 2.27. The summed E-state index contributed by atoms with van der Waals surface area (Å²) in [4.78, 5) is 4.24. The number of nitrogens with zero attached hydrogens (tertiary/aromatic N) is 2. The summed E-state index contributed by atoms with van der Waals surface area (Å²) in [6.45, 7) is 6.74. The molecule has 1 heterocycles. The second-order valence-electron chi connectivity index (χ2n) is 3.18. The van der Waals surface area contributed by atoms with Crippen molar-refractivity contribution in [2.75, 3.05) is 6.54 Å². The van der Waals surface area contributed by atoms with Gasteiger partial charge in [-0.15, -0.1) is 6.58 Å². The minimum Gasteiger partial charge on any atom is -0.338 e. The van der Waals surface area contributed by atoms with Gasteiger partial charge >= 0.3 is 0 Å². The van der Waals surface area contributed by atoms with Crippen LogP contribution in [0.3, 0.4) is 0 Å². The Kier molecular flexibility index (Phi) is 3.71. The lowest BCUT2D eigenvalue weighted by atomic mass is 10.3. The minimum atomic E-state index is 0.375. The molecule has 1 atom stereocenters. The van der Waals surface area contributed by atoms with E-state index in [0.29, 0.717) is 6.04 Å². The van der Waals surface area contributed by atoms with Crippen LogP contribution in [0, 0.1) is 0 Å². The summed E-state index contributed by atoms with van der Waals surface area (Å²) in [7, 11) is 2.01. The zero-order valence-electron chi connectivity index (χ0n) is 8.33. The summed E-state index contributed by atoms with van der Waals surface area (Å²) in [6, 6.07) is 0.375. The number of imidazole rings is 1. The van der Waals surface area contributed by atoms with E-state index < -0.39 is 0 Å². The first-order chi connectivity index (χ1) is 6.24. The minimum absolute atomic E-state index is 0.375. The summed E-state index contributed by atoms with van der Waals surface area (Å²) in [5, 5.41) is 3.33. The van der Waals surface area contributed by atoms with Crippen LogP contribution in [0.1, 0.15) is 12.7 Å². The fourth-order valence-corrected chi connectivity index (χ4v) is 1.13. The van der Waals surface area contributed by atoms with Crippen LogP contribution in [0.15, 0.2) is 25.0 Å². The zero-order valence-corrected chi connectivity index (χ0v) is 8.33. The van der Waals surface area contributed by atoms with Gasteiger partial charge in [0.2, 0.25) is 0 Å². The maximum Gasteiger partial charge on any atom is 0.109 e. The largest absolute Gasteiger partial charge is 0.338 e. The predicted octanol–water partition coefficient (Wildman–Crippen LogP) is 1.13. The molecule has 0 aliphatic carbocycles. The number of aryl methyl sites for hydroxylation is 1. The van der Waals surface area contributed by atoms with Crippen LogP contribution >= 0.6 is 0 Å². The van der Waals surface area contributed by atoms with Crippen LogP contribution in [-0.4, -0.2) is 22.1 Å². The highest BCUT2D eigenvalue weighted by molar-refractivity contribution is 4.92. The summed E-state index contributed by atoms with van der Waals surface area (Å²) < 4.78 is 2.04. The van der Waals surface area contributed by atoms with E-state index in [0.717, 1.165) is 18.8 Å². The normalized spacial score (nSPS) is 12.8. The third-order valence-electron chi connectivity index (χ3n) is 2.09. The maximum absolute atomic E-state index is 4.24. The highest BCUT2D eigenvalue weighted by atomic mass is 15.0. The Morgan fingerprint density at radius 1 is 1.77 bits per heavy atom. The average Bonchev–Trinajstić information content (AvgIpc) is 2.52. The molecule has 0 aromatic carbocycles. The highest BCUT2D eigenvalue weighted by Gasteiger charge is 1.99. The molecule has 1 N–H and O–H groups in total. The Morgan fingerprint density at radius 3 is 3.08 bits per heavy atom. The van der Waals surface area contributed by atoms with E-state index in [9.17, 15) is 0 Å². The SMILES string of the molecule is C=CC(C)NCCc1nccn1C. The Hall–Kier alpha value is -1.09. The van der Waals surface area contributed by atoms with Crippen molar-refractivity contribution < 1.29 is 0 Å². The monoisotopic (exact) mass is 179 g/mol. The maximum atomic E-state index is 4.24. The Morgan fingerprint density at radius 2 is 2.54 bits per heavy atom. The van der Waals surface area contributed by atoms with Gasteiger partial charge in [0.15, 0.2) is 0 Å². The van der Waals surface area contributed by atoms with E-state index in [1.165, 1.54) is 0 Å². The van der Waals surface area contributed by atoms with Gasteiger partial charge < -0.3 is 9.88 Å². The quantitative estimate of drug-likeness (QED) is 0.687. The predicted molar refractivity (Wildman–Crippen MR) is 54.6 cm³/mol. The summed E-state index contributed by atoms with van der Waals surface area (Å²) in [5.74, 6) is 1.11. The number of hydrogen-bond acceptors (Lipinski definition) is 2. The van der Waals surface area contributed by atoms with E-state index in [-0.39, 0.29) is 0 Å². The van der Waals surface area contributed by atoms with Crippen LogP contribution in [0.2, 0.25) is 0 Å². The molecule has 72 valence electrons. The number of aromatic nitrogens is 2. The lowest BCUT2D eigenvalue weighted by Crippen LogP contribution is -2.26. The molecule has 1 aromatic rings. The molecule has 0 radical (unpaired) electrons. The van der Waals surface area contributed by atoms with Gasteiger partial charge in [-0.3, -0.25) is 0 Å². The smallest absolute Gasteiger partial charge is 0.109 e. The lowest BCUT2D eigenvalue weighted by molar-refractivity contribution is 0.613. The highest BCUT2D eigenvalue weighted by Crippen LogP contribution is 1.94. The Labute approximate surface area is 79.5 Å². The summed E-state index contributed by atoms with van der Waals surface area (Å²) >= 11 is 0. The van der Waals surface area contributed by atoms with Crippen molar-refractivity contribution in [3.05, 3.63) is 30.9 Å². The van der Waals surface area contributed by atoms with Gasteiger partial charge in [0.25, 0.3) is 0 Å². The van der Waals surface area contributed by atoms with Crippen molar-refractivity contribution in [3.8, 4) is 0 Å². The zero-order chi connectivity index (χ0) is 9.68. The molecular formula is C10H17N3. The molecule has 0 saturated carbocycles. The number of nitrogens with one attached hydrogen (secondary N) is 1. The molecule has 0 amide bonds. The molecule has 3 heteroatoms. The third kappa shape index (κ3) is 3.03. The second kappa shape index (κ2) is 4.82. The first kappa shape index (κ1) is 9.99. The van der Waals surface area contributed by atoms with Gasteiger partial charge in [-0.1, -0.05) is 6.08 Å². The first-order valence-corrected chi connectivity index (χ1v) is 4.56. The van der Waals surface area contributed by atoms with Gasteiger partial charge in [0.1, 0.15) is 5.82 Å². The topological polar surface area (TPSA) is 29.9 Å². The standard InChI is InChI=1S/C10H17N3/c1-4-9(2)11-6-5-10-12-7-8-13(10)3/h4,7-9,11H,1,5-6H2,2-3H3. The molecule has 13 heavy (non-hydrogen) atoms. The molecule has 0 spiro atoms. The molecule has 0 saturated heterocycles. The van der Waals surface area contributed by atoms with Gasteiger partial charge in [-0.25, -0.2) is 4.98 Å². The molecular weight excluding hydrogens is 162 g/mol. The molecule has 1 unspecified atom stereocenters. The third-order valence-corrected chi connectivity index (χ3v) is 2.09. The molecule has 0 fully saturated rings. The van der Waals surface area contributed by atoms with Crippen molar-refractivity contribution in [2.24, 2.45) is 7.05 Å². The Bertz CT molecular complexity index is 265. The summed E-state index contributed by atoms with van der Waals surface area (Å²) in [6.07, 6.45) is 6.65. The van der Waals surface area contributed by atoms with Gasteiger partial charge in [-0.2, -0.15) is 0 Å². The van der Waals surface area contributed by atoms with Gasteiger partial charge in [0, 0.05) is 38.4 Å². The van der Waals surface area contributed by atoms with Gasteiger partial charge in [0.05, 0.1) is 0 Å². The average molecular weight is 179 g/mol. The van der Waals surface area contributed by atoms with Crippen molar-refractivity contribution in [1.82, 2.24) is 14.9 Å². The van der Waals surface area contributed by atoms with Crippen molar-refractivity contribution >= 4 is 0 Å². The fraction of sp³-hybridized carbons (Fsp3) is 0.500. The number of rotatable bonds is 5. The summed E-state index contributed by atoms with van der Waals surface area (Å²) in [5.41, 5.74) is 0. The number of hydrogen-bond donors (Lipinski definition) is 1. The molecule has 0 bridgehead atoms. The van der Waals surface area contributed by atoms with E-state index in [1.807, 2.05) is 30.1 Å². The first-order valence-electron chi connectivity index (χ1n) is 4.56. The lowest BCUT2D eigenvalue weighted by Gasteiger charge is -2.08. The molecule has 0 aliphatic rings. The van der Waals surface area contributed by atoms with E-state index >= 15 is 0 Å². The van der Waals surface area contributed by atoms with E-state index in [4.69, 9.17) is 0 Å². The van der Waals surface area contributed by atoms with Crippen LogP contribution in [0.5, 0.6) is 0 Å². The van der Waals surface area contributed by atoms with Crippen LogP contribution in [-0.2, 0) is 13.5 Å². The second-order valence-corrected chi connectivity index (χ2v) is 3.18. The van der Waals surface area contributed by atoms with Gasteiger partial charge in [-0.05, 0) is 6.92 Å². The van der Waals surface area contributed by atoms with Crippen molar-refractivity contribution in [2.45, 2.75) is 19.4 Å².